The van der Waals surface area contributed by atoms with E-state index in [1.807, 2.05) is 43.3 Å². The van der Waals surface area contributed by atoms with Crippen molar-refractivity contribution in [3.8, 4) is 11.5 Å². The number of aryl methyl sites for hydroxylation is 2. The lowest BCUT2D eigenvalue weighted by Crippen LogP contribution is -2.10. The molecule has 0 radical (unpaired) electrons. The van der Waals surface area contributed by atoms with Crippen LogP contribution in [0.5, 0.6) is 11.5 Å². The molecular weight excluding hydrogens is 478 g/mol. The molecule has 2 aromatic carbocycles. The van der Waals surface area contributed by atoms with E-state index in [0.29, 0.717) is 16.5 Å². The third kappa shape index (κ3) is 6.29. The Hall–Kier alpha value is -3.71. The van der Waals surface area contributed by atoms with Crippen LogP contribution in [0.1, 0.15) is 59.7 Å². The molecule has 0 aliphatic carbocycles. The van der Waals surface area contributed by atoms with Crippen molar-refractivity contribution < 1.29 is 18.7 Å². The van der Waals surface area contributed by atoms with Crippen molar-refractivity contribution in [2.24, 2.45) is 0 Å². The molecule has 36 heavy (non-hydrogen) atoms. The van der Waals surface area contributed by atoms with Crippen LogP contribution in [0.2, 0.25) is 5.02 Å². The zero-order valence-corrected chi connectivity index (χ0v) is 21.6. The minimum absolute atomic E-state index is 0.185. The number of amides is 1. The van der Waals surface area contributed by atoms with E-state index < -0.39 is 0 Å². The van der Waals surface area contributed by atoms with Crippen LogP contribution in [0, 0.1) is 6.92 Å². The van der Waals surface area contributed by atoms with Crippen LogP contribution in [0.15, 0.2) is 65.3 Å². The van der Waals surface area contributed by atoms with Gasteiger partial charge in [-0.3, -0.25) is 4.79 Å². The van der Waals surface area contributed by atoms with Gasteiger partial charge < -0.3 is 19.2 Å². The molecule has 0 saturated carbocycles. The van der Waals surface area contributed by atoms with Gasteiger partial charge in [0.1, 0.15) is 23.9 Å². The minimum atomic E-state index is -0.373. The zero-order chi connectivity index (χ0) is 25.7. The van der Waals surface area contributed by atoms with Gasteiger partial charge in [-0.15, -0.1) is 0 Å². The SMILES string of the molecule is CCc1ccc(OCn2cc(NC(=O)c3ccc(COc4cc(C)c(Cl)cc4C(C)C)o3)cn2)cc1. The molecule has 0 atom stereocenters. The predicted molar refractivity (Wildman–Crippen MR) is 140 cm³/mol. The molecule has 1 N–H and O–H groups in total. The van der Waals surface area contributed by atoms with Crippen molar-refractivity contribution in [3.63, 3.8) is 0 Å². The summed E-state index contributed by atoms with van der Waals surface area (Å²) in [5.41, 5.74) is 3.75. The Bertz CT molecular complexity index is 1330. The summed E-state index contributed by atoms with van der Waals surface area (Å²) in [4.78, 5) is 12.6. The Labute approximate surface area is 216 Å². The number of rotatable bonds is 10. The van der Waals surface area contributed by atoms with E-state index in [2.05, 4.69) is 31.2 Å². The van der Waals surface area contributed by atoms with E-state index in [1.165, 1.54) is 5.56 Å². The summed E-state index contributed by atoms with van der Waals surface area (Å²) in [5.74, 6) is 2.12. The lowest BCUT2D eigenvalue weighted by Gasteiger charge is -2.15. The largest absolute Gasteiger partial charge is 0.485 e. The standard InChI is InChI=1S/C28H30ClN3O4/c1-5-20-6-8-22(9-7-20)35-17-32-15-21(14-30-32)31-28(33)26-11-10-23(36-26)16-34-27-12-19(4)25(29)13-24(27)18(2)3/h6-15,18H,5,16-17H2,1-4H3,(H,31,33). The van der Waals surface area contributed by atoms with Gasteiger partial charge in [0.15, 0.2) is 12.5 Å². The Balaban J connectivity index is 1.32. The van der Waals surface area contributed by atoms with Crippen molar-refractivity contribution in [1.29, 1.82) is 0 Å². The predicted octanol–water partition coefficient (Wildman–Crippen LogP) is 6.99. The highest BCUT2D eigenvalue weighted by atomic mass is 35.5. The van der Waals surface area contributed by atoms with Gasteiger partial charge in [0, 0.05) is 5.02 Å². The summed E-state index contributed by atoms with van der Waals surface area (Å²) < 4.78 is 19.1. The highest BCUT2D eigenvalue weighted by Crippen LogP contribution is 2.32. The fourth-order valence-corrected chi connectivity index (χ4v) is 3.80. The van der Waals surface area contributed by atoms with Gasteiger partial charge in [0.25, 0.3) is 5.91 Å². The van der Waals surface area contributed by atoms with E-state index >= 15 is 0 Å². The number of nitrogens with zero attached hydrogens (tertiary/aromatic N) is 2. The number of carbonyl (C=O) groups is 1. The third-order valence-electron chi connectivity index (χ3n) is 5.75. The quantitative estimate of drug-likeness (QED) is 0.250. The Kier molecular flexibility index (Phi) is 8.00. The number of ether oxygens (including phenoxy) is 2. The maximum atomic E-state index is 12.6. The Morgan fingerprint density at radius 3 is 2.64 bits per heavy atom. The molecule has 8 heteroatoms. The molecule has 0 aliphatic rings. The van der Waals surface area contributed by atoms with Crippen LogP contribution in [0.3, 0.4) is 0 Å². The van der Waals surface area contributed by atoms with Crippen LogP contribution in [0.4, 0.5) is 5.69 Å². The normalized spacial score (nSPS) is 11.1. The van der Waals surface area contributed by atoms with Crippen LogP contribution < -0.4 is 14.8 Å². The number of anilines is 1. The number of aromatic nitrogens is 2. The minimum Gasteiger partial charge on any atom is -0.485 e. The summed E-state index contributed by atoms with van der Waals surface area (Å²) in [6, 6.07) is 15.1. The van der Waals surface area contributed by atoms with Gasteiger partial charge in [0.2, 0.25) is 0 Å². The third-order valence-corrected chi connectivity index (χ3v) is 6.16. The smallest absolute Gasteiger partial charge is 0.291 e. The molecule has 0 saturated heterocycles. The maximum absolute atomic E-state index is 12.6. The van der Waals surface area contributed by atoms with E-state index in [1.54, 1.807) is 29.2 Å². The van der Waals surface area contributed by atoms with Crippen molar-refractivity contribution in [3.05, 3.63) is 94.2 Å². The van der Waals surface area contributed by atoms with Gasteiger partial charge in [0.05, 0.1) is 18.1 Å². The van der Waals surface area contributed by atoms with E-state index in [0.717, 1.165) is 29.0 Å². The van der Waals surface area contributed by atoms with Gasteiger partial charge in [-0.25, -0.2) is 4.68 Å². The average Bonchev–Trinajstić information content (AvgIpc) is 3.53. The van der Waals surface area contributed by atoms with Gasteiger partial charge in [-0.05, 0) is 72.4 Å². The van der Waals surface area contributed by atoms with E-state index in [4.69, 9.17) is 25.5 Å². The summed E-state index contributed by atoms with van der Waals surface area (Å²) in [6.45, 7) is 8.64. The Morgan fingerprint density at radius 2 is 1.92 bits per heavy atom. The molecule has 0 aliphatic heterocycles. The lowest BCUT2D eigenvalue weighted by molar-refractivity contribution is 0.0992. The van der Waals surface area contributed by atoms with Crippen molar-refractivity contribution in [1.82, 2.24) is 9.78 Å². The summed E-state index contributed by atoms with van der Waals surface area (Å²) in [5, 5.41) is 7.73. The molecule has 7 nitrogen and oxygen atoms in total. The second-order valence-electron chi connectivity index (χ2n) is 8.84. The summed E-state index contributed by atoms with van der Waals surface area (Å²) >= 11 is 6.28. The fraction of sp³-hybridized carbons (Fsp3) is 0.286. The first kappa shape index (κ1) is 25.4. The average molecular weight is 508 g/mol. The number of carbonyl (C=O) groups excluding carboxylic acids is 1. The van der Waals surface area contributed by atoms with E-state index in [9.17, 15) is 4.79 Å². The molecule has 0 fully saturated rings. The molecule has 0 spiro atoms. The number of benzene rings is 2. The maximum Gasteiger partial charge on any atom is 0.291 e. The van der Waals surface area contributed by atoms with Crippen molar-refractivity contribution in [2.45, 2.75) is 53.4 Å². The van der Waals surface area contributed by atoms with Gasteiger partial charge >= 0.3 is 0 Å². The number of nitrogens with one attached hydrogen (secondary N) is 1. The van der Waals surface area contributed by atoms with E-state index in [-0.39, 0.29) is 30.9 Å². The highest BCUT2D eigenvalue weighted by molar-refractivity contribution is 6.31. The summed E-state index contributed by atoms with van der Waals surface area (Å²) in [6.07, 6.45) is 4.24. The number of hydrogen-bond acceptors (Lipinski definition) is 5. The van der Waals surface area contributed by atoms with Gasteiger partial charge in [-0.1, -0.05) is 44.5 Å². The second-order valence-corrected chi connectivity index (χ2v) is 9.25. The highest BCUT2D eigenvalue weighted by Gasteiger charge is 2.15. The molecule has 0 unspecified atom stereocenters. The monoisotopic (exact) mass is 507 g/mol. The van der Waals surface area contributed by atoms with Crippen LogP contribution >= 0.6 is 11.6 Å². The zero-order valence-electron chi connectivity index (χ0n) is 20.9. The molecule has 188 valence electrons. The first-order valence-corrected chi connectivity index (χ1v) is 12.3. The molecule has 4 rings (SSSR count). The van der Waals surface area contributed by atoms with Crippen LogP contribution in [-0.4, -0.2) is 15.7 Å². The number of halogens is 1. The number of hydrogen-bond donors (Lipinski definition) is 1. The van der Waals surface area contributed by atoms with Crippen LogP contribution in [-0.2, 0) is 19.8 Å². The molecule has 1 amide bonds. The number of furan rings is 1. The van der Waals surface area contributed by atoms with Crippen molar-refractivity contribution in [2.75, 3.05) is 5.32 Å². The first-order valence-electron chi connectivity index (χ1n) is 11.9. The fourth-order valence-electron chi connectivity index (χ4n) is 3.63. The van der Waals surface area contributed by atoms with Gasteiger partial charge in [-0.2, -0.15) is 5.10 Å². The summed E-state index contributed by atoms with van der Waals surface area (Å²) in [7, 11) is 0. The Morgan fingerprint density at radius 1 is 1.14 bits per heavy atom. The second kappa shape index (κ2) is 11.4. The molecule has 0 bridgehead atoms. The molecule has 4 aromatic rings. The molecular formula is C28H30ClN3O4. The first-order chi connectivity index (χ1) is 17.3. The lowest BCUT2D eigenvalue weighted by atomic mass is 10.0. The molecule has 2 aromatic heterocycles. The van der Waals surface area contributed by atoms with Crippen molar-refractivity contribution >= 4 is 23.2 Å². The van der Waals surface area contributed by atoms with Crippen LogP contribution in [0.25, 0.3) is 0 Å². The topological polar surface area (TPSA) is 78.5 Å². The molecule has 2 heterocycles.